The van der Waals surface area contributed by atoms with Gasteiger partial charge in [-0.05, 0) is 39.7 Å². The molecule has 19 heteroatoms. The number of alkyl halides is 9. The topological polar surface area (TPSA) is 125 Å². The Morgan fingerprint density at radius 1 is 1.05 bits per heavy atom. The van der Waals surface area contributed by atoms with Gasteiger partial charge in [-0.25, -0.2) is 4.98 Å². The minimum Gasteiger partial charge on any atom is -0.381 e. The number of hydrogen-bond donors (Lipinski definition) is 2. The van der Waals surface area contributed by atoms with Crippen LogP contribution in [-0.4, -0.2) is 66.1 Å². The van der Waals surface area contributed by atoms with Gasteiger partial charge < -0.3 is 19.6 Å². The number of halogens is 9. The lowest BCUT2D eigenvalue weighted by atomic mass is 9.94. The van der Waals surface area contributed by atoms with E-state index in [1.807, 2.05) is 0 Å². The van der Waals surface area contributed by atoms with Gasteiger partial charge in [-0.15, -0.1) is 11.3 Å². The number of aromatic nitrogens is 4. The first-order chi connectivity index (χ1) is 19.1. The van der Waals surface area contributed by atoms with Crippen LogP contribution < -0.4 is 0 Å². The van der Waals surface area contributed by atoms with Crippen molar-refractivity contribution in [3.05, 3.63) is 35.1 Å². The first-order valence-corrected chi connectivity index (χ1v) is 12.7. The number of thiazole rings is 1. The summed E-state index contributed by atoms with van der Waals surface area (Å²) in [6.07, 6.45) is -17.4. The average Bonchev–Trinajstić information content (AvgIpc) is 3.59. The molecule has 42 heavy (non-hydrogen) atoms. The molecule has 2 N–H and O–H groups in total. The van der Waals surface area contributed by atoms with E-state index >= 15 is 0 Å². The third-order valence-electron chi connectivity index (χ3n) is 6.43. The SMILES string of the molecule is C[C@H]1CCCN1C(=O)c1nc(-c2noc(C(C)(C)O)n2)sc1-c1cnc(C(O)(C(F)(F)F)C(F)(F)F)cc1C(F)(F)F. The molecule has 4 heterocycles. The Labute approximate surface area is 234 Å². The fourth-order valence-electron chi connectivity index (χ4n) is 4.19. The van der Waals surface area contributed by atoms with Gasteiger partial charge >= 0.3 is 18.5 Å². The molecule has 0 spiro atoms. The second kappa shape index (κ2) is 10.1. The fraction of sp³-hybridized carbons (Fsp3) is 0.522. The molecule has 3 aromatic rings. The van der Waals surface area contributed by atoms with Crippen molar-refractivity contribution in [2.45, 2.75) is 69.4 Å². The fourth-order valence-corrected chi connectivity index (χ4v) is 5.20. The summed E-state index contributed by atoms with van der Waals surface area (Å²) in [6.45, 7) is 4.44. The lowest BCUT2D eigenvalue weighted by molar-refractivity contribution is -0.377. The molecule has 0 aliphatic carbocycles. The Kier molecular flexibility index (Phi) is 7.64. The van der Waals surface area contributed by atoms with Gasteiger partial charge in [-0.2, -0.15) is 44.5 Å². The standard InChI is InChI=1S/C23H20F9N5O4S/c1-9-5-4-6-37(9)17(38)13-14(42-16(34-13)15-35-18(41-36-15)19(2,3)39)10-8-33-12(7-11(10)21(24,25)26)20(40,22(27,28)29)23(30,31)32/h7-9,39-40H,4-6H2,1-3H3/t9-/m0/s1. The van der Waals surface area contributed by atoms with Crippen molar-refractivity contribution in [3.63, 3.8) is 0 Å². The van der Waals surface area contributed by atoms with Crippen LogP contribution in [0.15, 0.2) is 16.8 Å². The molecule has 1 aliphatic rings. The molecule has 0 radical (unpaired) electrons. The second-order valence-electron chi connectivity index (χ2n) is 9.99. The molecule has 0 unspecified atom stereocenters. The van der Waals surface area contributed by atoms with E-state index in [0.717, 1.165) is 0 Å². The highest BCUT2D eigenvalue weighted by Crippen LogP contribution is 2.51. The molecule has 0 aromatic carbocycles. The Morgan fingerprint density at radius 2 is 1.67 bits per heavy atom. The average molecular weight is 633 g/mol. The van der Waals surface area contributed by atoms with Crippen LogP contribution in [0.25, 0.3) is 21.3 Å². The van der Waals surface area contributed by atoms with Crippen molar-refractivity contribution in [2.24, 2.45) is 0 Å². The van der Waals surface area contributed by atoms with E-state index in [9.17, 15) is 54.5 Å². The maximum Gasteiger partial charge on any atom is 0.432 e. The van der Waals surface area contributed by atoms with Gasteiger partial charge in [-0.3, -0.25) is 9.78 Å². The predicted octanol–water partition coefficient (Wildman–Crippen LogP) is 5.44. The highest BCUT2D eigenvalue weighted by atomic mass is 32.1. The van der Waals surface area contributed by atoms with Crippen LogP contribution in [0, 0.1) is 0 Å². The Morgan fingerprint density at radius 3 is 2.14 bits per heavy atom. The largest absolute Gasteiger partial charge is 0.432 e. The summed E-state index contributed by atoms with van der Waals surface area (Å²) in [7, 11) is 0. The van der Waals surface area contributed by atoms with Gasteiger partial charge in [0.15, 0.2) is 5.01 Å². The highest BCUT2D eigenvalue weighted by Gasteiger charge is 2.72. The Hall–Kier alpha value is -3.32. The second-order valence-corrected chi connectivity index (χ2v) is 11.0. The number of aliphatic hydroxyl groups is 2. The Bertz CT molecular complexity index is 1480. The third kappa shape index (κ3) is 5.44. The smallest absolute Gasteiger partial charge is 0.381 e. The molecule has 1 saturated heterocycles. The van der Waals surface area contributed by atoms with Gasteiger partial charge in [0.25, 0.3) is 17.4 Å². The minimum absolute atomic E-state index is 0.0561. The third-order valence-corrected chi connectivity index (χ3v) is 7.51. The number of pyridine rings is 1. The monoisotopic (exact) mass is 633 g/mol. The van der Waals surface area contributed by atoms with Crippen molar-refractivity contribution in [1.82, 2.24) is 25.0 Å². The van der Waals surface area contributed by atoms with E-state index in [4.69, 9.17) is 4.52 Å². The lowest BCUT2D eigenvalue weighted by Gasteiger charge is -2.32. The zero-order valence-corrected chi connectivity index (χ0v) is 22.4. The van der Waals surface area contributed by atoms with Crippen LogP contribution >= 0.6 is 11.3 Å². The van der Waals surface area contributed by atoms with Crippen molar-refractivity contribution in [1.29, 1.82) is 0 Å². The van der Waals surface area contributed by atoms with Crippen molar-refractivity contribution < 1.29 is 59.0 Å². The molecule has 0 bridgehead atoms. The summed E-state index contributed by atoms with van der Waals surface area (Å²) in [4.78, 5) is 25.0. The molecule has 3 aromatic heterocycles. The molecule has 1 atom stereocenters. The normalized spacial score (nSPS) is 17.3. The molecular weight excluding hydrogens is 613 g/mol. The van der Waals surface area contributed by atoms with Crippen LogP contribution in [0.2, 0.25) is 0 Å². The number of likely N-dealkylation sites (tertiary alicyclic amines) is 1. The highest BCUT2D eigenvalue weighted by molar-refractivity contribution is 7.18. The van der Waals surface area contributed by atoms with E-state index in [-0.39, 0.29) is 35.5 Å². The van der Waals surface area contributed by atoms with E-state index in [2.05, 4.69) is 20.1 Å². The van der Waals surface area contributed by atoms with Crippen LogP contribution in [0.4, 0.5) is 39.5 Å². The zero-order chi connectivity index (χ0) is 31.6. The van der Waals surface area contributed by atoms with Crippen LogP contribution in [0.1, 0.15) is 61.2 Å². The number of amides is 1. The van der Waals surface area contributed by atoms with Gasteiger partial charge in [0.05, 0.1) is 16.1 Å². The molecule has 9 nitrogen and oxygen atoms in total. The maximum atomic E-state index is 14.2. The van der Waals surface area contributed by atoms with Gasteiger partial charge in [0, 0.05) is 24.3 Å². The maximum absolute atomic E-state index is 14.2. The van der Waals surface area contributed by atoms with E-state index in [1.165, 1.54) is 18.7 Å². The summed E-state index contributed by atoms with van der Waals surface area (Å²) in [5.74, 6) is -1.56. The van der Waals surface area contributed by atoms with Crippen LogP contribution in [0.3, 0.4) is 0 Å². The quantitative estimate of drug-likeness (QED) is 0.356. The Balaban J connectivity index is 1.97. The predicted molar refractivity (Wildman–Crippen MR) is 125 cm³/mol. The lowest BCUT2D eigenvalue weighted by Crippen LogP contribution is -2.54. The molecular formula is C23H20F9N5O4S. The van der Waals surface area contributed by atoms with Gasteiger partial charge in [0.1, 0.15) is 11.3 Å². The van der Waals surface area contributed by atoms with Crippen molar-refractivity contribution in [3.8, 4) is 21.3 Å². The van der Waals surface area contributed by atoms with E-state index < -0.39 is 69.1 Å². The van der Waals surface area contributed by atoms with E-state index in [0.29, 0.717) is 24.2 Å². The van der Waals surface area contributed by atoms with E-state index in [1.54, 1.807) is 6.92 Å². The summed E-state index contributed by atoms with van der Waals surface area (Å²) < 4.78 is 128. The number of carbonyl (C=O) groups excluding carboxylic acids is 1. The van der Waals surface area contributed by atoms with Crippen LogP contribution in [-0.2, 0) is 17.4 Å². The molecule has 1 aliphatic heterocycles. The van der Waals surface area contributed by atoms with Gasteiger partial charge in [0.2, 0.25) is 5.82 Å². The number of hydrogen-bond acceptors (Lipinski definition) is 9. The number of carbonyl (C=O) groups is 1. The zero-order valence-electron chi connectivity index (χ0n) is 21.6. The first kappa shape index (κ1) is 31.6. The van der Waals surface area contributed by atoms with Crippen LogP contribution in [0.5, 0.6) is 0 Å². The molecule has 1 fully saturated rings. The minimum atomic E-state index is -6.50. The van der Waals surface area contributed by atoms with Crippen molar-refractivity contribution >= 4 is 17.2 Å². The molecule has 230 valence electrons. The summed E-state index contributed by atoms with van der Waals surface area (Å²) in [5, 5.41) is 23.0. The molecule has 0 saturated carbocycles. The summed E-state index contributed by atoms with van der Waals surface area (Å²) in [5.41, 5.74) is -13.5. The molecule has 4 rings (SSSR count). The summed E-state index contributed by atoms with van der Waals surface area (Å²) in [6, 6.07) is -0.929. The number of rotatable bonds is 5. The first-order valence-electron chi connectivity index (χ1n) is 11.9. The molecule has 1 amide bonds. The van der Waals surface area contributed by atoms with Gasteiger partial charge in [-0.1, -0.05) is 5.16 Å². The summed E-state index contributed by atoms with van der Waals surface area (Å²) >= 11 is 0.361. The van der Waals surface area contributed by atoms with Crippen molar-refractivity contribution in [2.75, 3.05) is 6.54 Å². The number of nitrogens with zero attached hydrogens (tertiary/aromatic N) is 5.